The van der Waals surface area contributed by atoms with Gasteiger partial charge < -0.3 is 5.73 Å². The molecule has 0 bridgehead atoms. The second kappa shape index (κ2) is 4.75. The van der Waals surface area contributed by atoms with Crippen LogP contribution >= 0.6 is 0 Å². The van der Waals surface area contributed by atoms with Crippen LogP contribution < -0.4 is 10.5 Å². The van der Waals surface area contributed by atoms with E-state index in [1.807, 2.05) is 0 Å². The van der Waals surface area contributed by atoms with Crippen molar-refractivity contribution in [3.8, 4) is 0 Å². The lowest BCUT2D eigenvalue weighted by Gasteiger charge is -2.09. The lowest BCUT2D eigenvalue weighted by Crippen LogP contribution is -2.16. The predicted octanol–water partition coefficient (Wildman–Crippen LogP) is 0.373. The summed E-state index contributed by atoms with van der Waals surface area (Å²) >= 11 is 0. The van der Waals surface area contributed by atoms with Gasteiger partial charge in [-0.1, -0.05) is 0 Å². The number of hydrogen-bond acceptors (Lipinski definition) is 5. The van der Waals surface area contributed by atoms with Crippen molar-refractivity contribution in [3.63, 3.8) is 0 Å². The molecule has 7 nitrogen and oxygen atoms in total. The van der Waals surface area contributed by atoms with Crippen molar-refractivity contribution in [3.05, 3.63) is 35.8 Å². The van der Waals surface area contributed by atoms with Crippen LogP contribution in [0.2, 0.25) is 0 Å². The zero-order chi connectivity index (χ0) is 13.2. The standard InChI is InChI=1S/C10H13N5O2S/c1-7-5-12-3-2-9(7)15-18(16,17)10-8(4-11)6-13-14-10/h2-3,5-6H,4,11H2,1H3,(H,12,15)(H,13,14). The van der Waals surface area contributed by atoms with Gasteiger partial charge in [-0.25, -0.2) is 0 Å². The van der Waals surface area contributed by atoms with Gasteiger partial charge in [-0.05, 0) is 18.6 Å². The third-order valence-electron chi connectivity index (χ3n) is 2.43. The van der Waals surface area contributed by atoms with Gasteiger partial charge in [0.25, 0.3) is 10.0 Å². The van der Waals surface area contributed by atoms with Gasteiger partial charge in [0.05, 0.1) is 11.9 Å². The maximum atomic E-state index is 12.1. The number of aryl methyl sites for hydroxylation is 1. The molecule has 18 heavy (non-hydrogen) atoms. The fourth-order valence-corrected chi connectivity index (χ4v) is 2.74. The maximum Gasteiger partial charge on any atom is 0.279 e. The molecule has 0 atom stereocenters. The lowest BCUT2D eigenvalue weighted by atomic mass is 10.3. The Bertz CT molecular complexity index is 650. The van der Waals surface area contributed by atoms with Crippen LogP contribution in [-0.2, 0) is 16.6 Å². The molecular weight excluding hydrogens is 254 g/mol. The zero-order valence-corrected chi connectivity index (χ0v) is 10.5. The number of hydrogen-bond donors (Lipinski definition) is 3. The molecule has 0 aliphatic carbocycles. The molecule has 0 spiro atoms. The Labute approximate surface area is 104 Å². The van der Waals surface area contributed by atoms with Crippen molar-refractivity contribution in [1.82, 2.24) is 15.2 Å². The third-order valence-corrected chi connectivity index (χ3v) is 3.81. The highest BCUT2D eigenvalue weighted by Crippen LogP contribution is 2.19. The van der Waals surface area contributed by atoms with E-state index in [9.17, 15) is 8.42 Å². The summed E-state index contributed by atoms with van der Waals surface area (Å²) in [6.45, 7) is 1.86. The maximum absolute atomic E-state index is 12.1. The molecule has 0 radical (unpaired) electrons. The van der Waals surface area contributed by atoms with Gasteiger partial charge in [0.15, 0.2) is 5.03 Å². The minimum absolute atomic E-state index is 0.0128. The van der Waals surface area contributed by atoms with E-state index >= 15 is 0 Å². The summed E-state index contributed by atoms with van der Waals surface area (Å²) < 4.78 is 26.7. The highest BCUT2D eigenvalue weighted by atomic mass is 32.2. The number of nitrogens with zero attached hydrogens (tertiary/aromatic N) is 2. The van der Waals surface area contributed by atoms with E-state index in [0.29, 0.717) is 11.3 Å². The van der Waals surface area contributed by atoms with Crippen LogP contribution in [0, 0.1) is 6.92 Å². The van der Waals surface area contributed by atoms with Crippen LogP contribution in [0.4, 0.5) is 5.69 Å². The van der Waals surface area contributed by atoms with Gasteiger partial charge in [-0.2, -0.15) is 13.5 Å². The highest BCUT2D eigenvalue weighted by Gasteiger charge is 2.20. The van der Waals surface area contributed by atoms with E-state index in [-0.39, 0.29) is 11.6 Å². The minimum Gasteiger partial charge on any atom is -0.326 e. The second-order valence-corrected chi connectivity index (χ2v) is 5.34. The number of sulfonamides is 1. The van der Waals surface area contributed by atoms with Crippen LogP contribution in [0.15, 0.2) is 29.7 Å². The fourth-order valence-electron chi connectivity index (χ4n) is 1.46. The van der Waals surface area contributed by atoms with E-state index in [2.05, 4.69) is 19.9 Å². The smallest absolute Gasteiger partial charge is 0.279 e. The molecule has 2 heterocycles. The molecule has 0 amide bonds. The van der Waals surface area contributed by atoms with Crippen molar-refractivity contribution in [2.24, 2.45) is 5.73 Å². The molecule has 8 heteroatoms. The van der Waals surface area contributed by atoms with Crippen molar-refractivity contribution in [2.45, 2.75) is 18.5 Å². The lowest BCUT2D eigenvalue weighted by molar-refractivity contribution is 0.595. The monoisotopic (exact) mass is 267 g/mol. The van der Waals surface area contributed by atoms with Crippen LogP contribution in [0.5, 0.6) is 0 Å². The first-order valence-corrected chi connectivity index (χ1v) is 6.68. The first-order chi connectivity index (χ1) is 8.54. The summed E-state index contributed by atoms with van der Waals surface area (Å²) in [6.07, 6.45) is 4.49. The molecule has 0 unspecified atom stereocenters. The van der Waals surface area contributed by atoms with Gasteiger partial charge in [0, 0.05) is 24.5 Å². The van der Waals surface area contributed by atoms with Crippen LogP contribution in [0.25, 0.3) is 0 Å². The first kappa shape index (κ1) is 12.5. The second-order valence-electron chi connectivity index (χ2n) is 3.72. The molecule has 0 saturated carbocycles. The van der Waals surface area contributed by atoms with Gasteiger partial charge in [0.2, 0.25) is 0 Å². The Morgan fingerprint density at radius 1 is 1.44 bits per heavy atom. The molecule has 2 rings (SSSR count). The number of pyridine rings is 1. The average molecular weight is 267 g/mol. The summed E-state index contributed by atoms with van der Waals surface area (Å²) in [5, 5.41) is 6.11. The van der Waals surface area contributed by atoms with Crippen molar-refractivity contribution in [2.75, 3.05) is 4.72 Å². The van der Waals surface area contributed by atoms with Crippen LogP contribution in [0.1, 0.15) is 11.1 Å². The number of rotatable bonds is 4. The molecule has 4 N–H and O–H groups in total. The Kier molecular flexibility index (Phi) is 3.30. The fraction of sp³-hybridized carbons (Fsp3) is 0.200. The van der Waals surface area contributed by atoms with E-state index < -0.39 is 10.0 Å². The average Bonchev–Trinajstić information content (AvgIpc) is 2.81. The Hall–Kier alpha value is -1.93. The third kappa shape index (κ3) is 2.34. The van der Waals surface area contributed by atoms with Gasteiger partial charge in [0.1, 0.15) is 0 Å². The van der Waals surface area contributed by atoms with Gasteiger partial charge in [-0.3, -0.25) is 14.8 Å². The highest BCUT2D eigenvalue weighted by molar-refractivity contribution is 7.92. The van der Waals surface area contributed by atoms with E-state index in [1.165, 1.54) is 12.4 Å². The number of H-pyrrole nitrogens is 1. The molecule has 96 valence electrons. The van der Waals surface area contributed by atoms with E-state index in [0.717, 1.165) is 5.56 Å². The Morgan fingerprint density at radius 2 is 2.22 bits per heavy atom. The molecule has 0 aromatic carbocycles. The number of aromatic nitrogens is 3. The van der Waals surface area contributed by atoms with E-state index in [4.69, 9.17) is 5.73 Å². The SMILES string of the molecule is Cc1cnccc1NS(=O)(=O)c1[nH]ncc1CN. The summed E-state index contributed by atoms with van der Waals surface area (Å²) in [7, 11) is -3.71. The summed E-state index contributed by atoms with van der Waals surface area (Å²) in [4.78, 5) is 3.90. The van der Waals surface area contributed by atoms with Gasteiger partial charge in [-0.15, -0.1) is 0 Å². The van der Waals surface area contributed by atoms with Crippen molar-refractivity contribution in [1.29, 1.82) is 0 Å². The molecule has 0 fully saturated rings. The summed E-state index contributed by atoms with van der Waals surface area (Å²) in [5.74, 6) is 0. The quantitative estimate of drug-likeness (QED) is 0.740. The molecule has 0 saturated heterocycles. The zero-order valence-electron chi connectivity index (χ0n) is 9.71. The Balaban J connectivity index is 2.37. The molecule has 0 aliphatic rings. The molecular formula is C10H13N5O2S. The first-order valence-electron chi connectivity index (χ1n) is 5.20. The molecule has 0 aliphatic heterocycles. The molecule has 2 aromatic rings. The van der Waals surface area contributed by atoms with Crippen molar-refractivity contribution >= 4 is 15.7 Å². The topological polar surface area (TPSA) is 114 Å². The van der Waals surface area contributed by atoms with Crippen molar-refractivity contribution < 1.29 is 8.42 Å². The van der Waals surface area contributed by atoms with E-state index in [1.54, 1.807) is 19.2 Å². The number of anilines is 1. The normalized spacial score (nSPS) is 11.4. The minimum atomic E-state index is -3.71. The predicted molar refractivity (Wildman–Crippen MR) is 66.3 cm³/mol. The molecule has 2 aromatic heterocycles. The van der Waals surface area contributed by atoms with Crippen LogP contribution in [0.3, 0.4) is 0 Å². The summed E-state index contributed by atoms with van der Waals surface area (Å²) in [6, 6.07) is 1.59. The number of nitrogens with one attached hydrogen (secondary N) is 2. The largest absolute Gasteiger partial charge is 0.326 e. The number of nitrogens with two attached hydrogens (primary N) is 1. The van der Waals surface area contributed by atoms with Gasteiger partial charge >= 0.3 is 0 Å². The number of aromatic amines is 1. The summed E-state index contributed by atoms with van der Waals surface area (Å²) in [5.41, 5.74) is 7.10. The Morgan fingerprint density at radius 3 is 2.89 bits per heavy atom. The van der Waals surface area contributed by atoms with Crippen LogP contribution in [-0.4, -0.2) is 23.6 Å².